The van der Waals surface area contributed by atoms with E-state index >= 15 is 0 Å². The molecule has 1 amide bonds. The van der Waals surface area contributed by atoms with Gasteiger partial charge in [0.2, 0.25) is 5.91 Å². The van der Waals surface area contributed by atoms with Crippen LogP contribution in [0.3, 0.4) is 0 Å². The van der Waals surface area contributed by atoms with Crippen molar-refractivity contribution in [3.63, 3.8) is 0 Å². The van der Waals surface area contributed by atoms with E-state index in [4.69, 9.17) is 5.11 Å². The fourth-order valence-electron chi connectivity index (χ4n) is 2.61. The molecule has 0 aromatic carbocycles. The maximum Gasteiger partial charge on any atom is 0.306 e. The van der Waals surface area contributed by atoms with Crippen molar-refractivity contribution in [1.82, 2.24) is 5.32 Å². The lowest BCUT2D eigenvalue weighted by Gasteiger charge is -2.28. The average molecular weight is 257 g/mol. The number of carboxylic acids is 1. The fraction of sp³-hybridized carbons (Fsp3) is 0.833. The van der Waals surface area contributed by atoms with Crippen molar-refractivity contribution in [2.75, 3.05) is 11.5 Å². The van der Waals surface area contributed by atoms with Crippen LogP contribution in [0, 0.1) is 11.8 Å². The largest absolute Gasteiger partial charge is 0.481 e. The third-order valence-electron chi connectivity index (χ3n) is 3.67. The van der Waals surface area contributed by atoms with Gasteiger partial charge in [0.05, 0.1) is 5.92 Å². The van der Waals surface area contributed by atoms with Crippen molar-refractivity contribution < 1.29 is 14.7 Å². The van der Waals surface area contributed by atoms with E-state index in [-0.39, 0.29) is 23.8 Å². The second-order valence-corrected chi connectivity index (χ2v) is 6.12. The maximum atomic E-state index is 11.9. The molecule has 3 unspecified atom stereocenters. The standard InChI is InChI=1S/C12H19NO3S/c14-11(9-4-5-17-7-9)13-10-3-1-2-8(6-10)12(15)16/h8-10H,1-7H2,(H,13,14)(H,15,16). The Bertz CT molecular complexity index is 302. The Morgan fingerprint density at radius 2 is 2.00 bits per heavy atom. The summed E-state index contributed by atoms with van der Waals surface area (Å²) in [7, 11) is 0. The fourth-order valence-corrected chi connectivity index (χ4v) is 3.83. The Hall–Kier alpha value is -0.710. The van der Waals surface area contributed by atoms with Gasteiger partial charge in [-0.15, -0.1) is 0 Å². The summed E-state index contributed by atoms with van der Waals surface area (Å²) in [4.78, 5) is 22.8. The van der Waals surface area contributed by atoms with Gasteiger partial charge in [-0.3, -0.25) is 9.59 Å². The van der Waals surface area contributed by atoms with Crippen LogP contribution in [0.1, 0.15) is 32.1 Å². The number of amides is 1. The first-order valence-electron chi connectivity index (χ1n) is 6.27. The first-order valence-corrected chi connectivity index (χ1v) is 7.43. The molecule has 1 heterocycles. The van der Waals surface area contributed by atoms with E-state index in [9.17, 15) is 9.59 Å². The van der Waals surface area contributed by atoms with Gasteiger partial charge in [-0.05, 0) is 31.4 Å². The second kappa shape index (κ2) is 5.76. The van der Waals surface area contributed by atoms with Gasteiger partial charge < -0.3 is 10.4 Å². The van der Waals surface area contributed by atoms with E-state index in [2.05, 4.69) is 5.32 Å². The highest BCUT2D eigenvalue weighted by Gasteiger charge is 2.30. The van der Waals surface area contributed by atoms with E-state index in [1.807, 2.05) is 11.8 Å². The molecule has 2 aliphatic rings. The molecule has 1 aliphatic carbocycles. The number of carbonyl (C=O) groups is 2. The molecule has 5 heteroatoms. The molecule has 3 atom stereocenters. The third kappa shape index (κ3) is 3.37. The molecule has 2 fully saturated rings. The minimum absolute atomic E-state index is 0.0722. The molecule has 4 nitrogen and oxygen atoms in total. The van der Waals surface area contributed by atoms with Crippen molar-refractivity contribution >= 4 is 23.6 Å². The molecule has 1 saturated carbocycles. The lowest BCUT2D eigenvalue weighted by molar-refractivity contribution is -0.143. The number of nitrogens with one attached hydrogen (secondary N) is 1. The minimum atomic E-state index is -0.722. The molecule has 1 saturated heterocycles. The van der Waals surface area contributed by atoms with E-state index < -0.39 is 5.97 Å². The number of hydrogen-bond acceptors (Lipinski definition) is 3. The van der Waals surface area contributed by atoms with Crippen molar-refractivity contribution in [1.29, 1.82) is 0 Å². The van der Waals surface area contributed by atoms with Crippen LogP contribution in [0.25, 0.3) is 0 Å². The maximum absolute atomic E-state index is 11.9. The van der Waals surface area contributed by atoms with E-state index in [1.54, 1.807) is 0 Å². The van der Waals surface area contributed by atoms with Crippen molar-refractivity contribution in [2.24, 2.45) is 11.8 Å². The molecule has 17 heavy (non-hydrogen) atoms. The zero-order valence-corrected chi connectivity index (χ0v) is 10.7. The zero-order chi connectivity index (χ0) is 12.3. The van der Waals surface area contributed by atoms with Gasteiger partial charge in [0.25, 0.3) is 0 Å². The molecule has 0 aromatic rings. The Labute approximate surface area is 106 Å². The Morgan fingerprint density at radius 3 is 2.65 bits per heavy atom. The highest BCUT2D eigenvalue weighted by Crippen LogP contribution is 2.27. The summed E-state index contributed by atoms with van der Waals surface area (Å²) in [6, 6.07) is 0.0722. The van der Waals surface area contributed by atoms with Gasteiger partial charge >= 0.3 is 5.97 Å². The molecule has 96 valence electrons. The van der Waals surface area contributed by atoms with Crippen LogP contribution < -0.4 is 5.32 Å². The van der Waals surface area contributed by atoms with Gasteiger partial charge in [-0.1, -0.05) is 6.42 Å². The molecule has 1 aliphatic heterocycles. The van der Waals surface area contributed by atoms with Crippen molar-refractivity contribution in [2.45, 2.75) is 38.1 Å². The highest BCUT2D eigenvalue weighted by molar-refractivity contribution is 7.99. The van der Waals surface area contributed by atoms with Crippen LogP contribution in [0.5, 0.6) is 0 Å². The van der Waals surface area contributed by atoms with Crippen LogP contribution in [0.15, 0.2) is 0 Å². The molecule has 0 radical (unpaired) electrons. The minimum Gasteiger partial charge on any atom is -0.481 e. The first kappa shape index (κ1) is 12.7. The van der Waals surface area contributed by atoms with Crippen LogP contribution in [-0.2, 0) is 9.59 Å². The second-order valence-electron chi connectivity index (χ2n) is 4.97. The van der Waals surface area contributed by atoms with Gasteiger partial charge in [0.15, 0.2) is 0 Å². The van der Waals surface area contributed by atoms with E-state index in [0.717, 1.165) is 37.2 Å². The van der Waals surface area contributed by atoms with Gasteiger partial charge in [0.1, 0.15) is 0 Å². The summed E-state index contributed by atoms with van der Waals surface area (Å²) >= 11 is 1.82. The Morgan fingerprint density at radius 1 is 1.18 bits per heavy atom. The topological polar surface area (TPSA) is 66.4 Å². The van der Waals surface area contributed by atoms with E-state index in [1.165, 1.54) is 0 Å². The molecular weight excluding hydrogens is 238 g/mol. The summed E-state index contributed by atoms with van der Waals surface area (Å²) < 4.78 is 0. The molecule has 2 N–H and O–H groups in total. The summed E-state index contributed by atoms with van der Waals surface area (Å²) in [6.07, 6.45) is 4.14. The SMILES string of the molecule is O=C(O)C1CCCC(NC(=O)C2CCSC2)C1. The summed E-state index contributed by atoms with van der Waals surface area (Å²) in [5.41, 5.74) is 0. The molecule has 0 aromatic heterocycles. The number of rotatable bonds is 3. The predicted molar refractivity (Wildman–Crippen MR) is 67.0 cm³/mol. The predicted octanol–water partition coefficient (Wildman–Crippen LogP) is 1.50. The Balaban J connectivity index is 1.81. The van der Waals surface area contributed by atoms with Gasteiger partial charge in [-0.2, -0.15) is 11.8 Å². The molecule has 2 rings (SSSR count). The highest BCUT2D eigenvalue weighted by atomic mass is 32.2. The van der Waals surface area contributed by atoms with E-state index in [0.29, 0.717) is 6.42 Å². The van der Waals surface area contributed by atoms with Crippen molar-refractivity contribution in [3.8, 4) is 0 Å². The average Bonchev–Trinajstić information content (AvgIpc) is 2.82. The number of thioether (sulfide) groups is 1. The van der Waals surface area contributed by atoms with Crippen molar-refractivity contribution in [3.05, 3.63) is 0 Å². The smallest absolute Gasteiger partial charge is 0.306 e. The zero-order valence-electron chi connectivity index (χ0n) is 9.85. The normalized spacial score (nSPS) is 33.3. The van der Waals surface area contributed by atoms with Crippen LogP contribution in [0.2, 0.25) is 0 Å². The first-order chi connectivity index (χ1) is 8.16. The summed E-state index contributed by atoms with van der Waals surface area (Å²) in [6.45, 7) is 0. The molecule has 0 spiro atoms. The lowest BCUT2D eigenvalue weighted by Crippen LogP contribution is -2.42. The van der Waals surface area contributed by atoms with Crippen LogP contribution in [-0.4, -0.2) is 34.5 Å². The molecule has 0 bridgehead atoms. The quantitative estimate of drug-likeness (QED) is 0.804. The number of carboxylic acid groups (broad SMARTS) is 1. The third-order valence-corrected chi connectivity index (χ3v) is 4.83. The monoisotopic (exact) mass is 257 g/mol. The van der Waals surface area contributed by atoms with Gasteiger partial charge in [-0.25, -0.2) is 0 Å². The number of aliphatic carboxylic acids is 1. The lowest BCUT2D eigenvalue weighted by atomic mass is 9.85. The number of carbonyl (C=O) groups excluding carboxylic acids is 1. The van der Waals surface area contributed by atoms with Crippen LogP contribution >= 0.6 is 11.8 Å². The van der Waals surface area contributed by atoms with Gasteiger partial charge in [0, 0.05) is 17.7 Å². The summed E-state index contributed by atoms with van der Waals surface area (Å²) in [5.74, 6) is 1.27. The summed E-state index contributed by atoms with van der Waals surface area (Å²) in [5, 5.41) is 12.0. The molecular formula is C12H19NO3S. The van der Waals surface area contributed by atoms with Crippen LogP contribution in [0.4, 0.5) is 0 Å². The number of hydrogen-bond donors (Lipinski definition) is 2. The Kier molecular flexibility index (Phi) is 4.31.